The molecule has 2 aliphatic rings. The number of rotatable bonds is 6. The highest BCUT2D eigenvalue weighted by molar-refractivity contribution is 6.05. The van der Waals surface area contributed by atoms with Crippen molar-refractivity contribution in [3.63, 3.8) is 0 Å². The molecule has 6 heteroatoms. The van der Waals surface area contributed by atoms with Gasteiger partial charge in [0.2, 0.25) is 5.91 Å². The fraction of sp³-hybridized carbons (Fsp3) is 0.391. The summed E-state index contributed by atoms with van der Waals surface area (Å²) in [7, 11) is 0. The zero-order valence-electron chi connectivity index (χ0n) is 16.7. The van der Waals surface area contributed by atoms with Gasteiger partial charge in [0, 0.05) is 25.1 Å². The highest BCUT2D eigenvalue weighted by atomic mass is 16.5. The molecule has 2 fully saturated rings. The standard InChI is InChI=1S/C23H27N3O3/c27-22-10-5-11-26(22)21-9-4-3-8-20(21)23(28)24-16-18-6-1-2-7-19(18)17-25-12-14-29-15-13-25/h1-4,6-9H,5,10-17H2,(H,24,28)/p+1. The normalized spacial score (nSPS) is 17.5. The SMILES string of the molecule is O=C(NCc1ccccc1C[NH+]1CCOCC1)c1ccccc1N1CCCC1=O. The van der Waals surface area contributed by atoms with E-state index in [9.17, 15) is 9.59 Å². The number of carbonyl (C=O) groups is 2. The zero-order valence-corrected chi connectivity index (χ0v) is 16.7. The van der Waals surface area contributed by atoms with E-state index in [0.717, 1.165) is 44.8 Å². The van der Waals surface area contributed by atoms with Gasteiger partial charge >= 0.3 is 0 Å². The molecule has 2 N–H and O–H groups in total. The molecule has 4 rings (SSSR count). The monoisotopic (exact) mass is 394 g/mol. The Bertz CT molecular complexity index is 877. The number of hydrogen-bond donors (Lipinski definition) is 2. The first-order chi connectivity index (χ1) is 14.2. The predicted molar refractivity (Wildman–Crippen MR) is 111 cm³/mol. The number of morpholine rings is 1. The molecule has 29 heavy (non-hydrogen) atoms. The molecular weight excluding hydrogens is 366 g/mol. The van der Waals surface area contributed by atoms with Gasteiger partial charge in [0.25, 0.3) is 5.91 Å². The molecule has 0 unspecified atom stereocenters. The Balaban J connectivity index is 1.45. The van der Waals surface area contributed by atoms with Crippen molar-refractivity contribution in [2.45, 2.75) is 25.9 Å². The molecule has 0 aliphatic carbocycles. The van der Waals surface area contributed by atoms with Crippen LogP contribution in [0.4, 0.5) is 5.69 Å². The first-order valence-corrected chi connectivity index (χ1v) is 10.4. The largest absolute Gasteiger partial charge is 0.370 e. The van der Waals surface area contributed by atoms with Gasteiger partial charge < -0.3 is 19.9 Å². The molecule has 2 saturated heterocycles. The van der Waals surface area contributed by atoms with Gasteiger partial charge in [-0.2, -0.15) is 0 Å². The smallest absolute Gasteiger partial charge is 0.253 e. The summed E-state index contributed by atoms with van der Waals surface area (Å²) in [6.07, 6.45) is 1.39. The number of amides is 2. The fourth-order valence-electron chi connectivity index (χ4n) is 4.08. The fourth-order valence-corrected chi connectivity index (χ4v) is 4.08. The van der Waals surface area contributed by atoms with E-state index in [2.05, 4.69) is 23.5 Å². The van der Waals surface area contributed by atoms with E-state index in [-0.39, 0.29) is 11.8 Å². The first-order valence-electron chi connectivity index (χ1n) is 10.4. The third kappa shape index (κ3) is 4.66. The summed E-state index contributed by atoms with van der Waals surface area (Å²) in [4.78, 5) is 28.3. The Labute approximate surface area is 171 Å². The highest BCUT2D eigenvalue weighted by Gasteiger charge is 2.25. The summed E-state index contributed by atoms with van der Waals surface area (Å²) in [6, 6.07) is 15.6. The Kier molecular flexibility index (Phi) is 6.22. The molecule has 2 heterocycles. The van der Waals surface area contributed by atoms with Gasteiger partial charge in [-0.1, -0.05) is 36.4 Å². The van der Waals surface area contributed by atoms with Crippen LogP contribution in [0.3, 0.4) is 0 Å². The molecule has 0 bridgehead atoms. The van der Waals surface area contributed by atoms with Crippen molar-refractivity contribution in [3.05, 3.63) is 65.2 Å². The van der Waals surface area contributed by atoms with Crippen LogP contribution in [0, 0.1) is 0 Å². The topological polar surface area (TPSA) is 63.1 Å². The quantitative estimate of drug-likeness (QED) is 0.773. The van der Waals surface area contributed by atoms with Gasteiger partial charge in [-0.05, 0) is 24.1 Å². The van der Waals surface area contributed by atoms with Crippen LogP contribution in [0.2, 0.25) is 0 Å². The molecule has 2 amide bonds. The molecule has 2 aliphatic heterocycles. The summed E-state index contributed by atoms with van der Waals surface area (Å²) in [5, 5.41) is 3.06. The van der Waals surface area contributed by atoms with E-state index in [0.29, 0.717) is 30.8 Å². The molecule has 0 radical (unpaired) electrons. The van der Waals surface area contributed by atoms with Crippen molar-refractivity contribution in [2.75, 3.05) is 37.7 Å². The lowest BCUT2D eigenvalue weighted by molar-refractivity contribution is -0.921. The molecule has 152 valence electrons. The van der Waals surface area contributed by atoms with E-state index in [1.807, 2.05) is 24.3 Å². The number of anilines is 1. The number of nitrogens with zero attached hydrogens (tertiary/aromatic N) is 1. The number of quaternary nitrogens is 1. The van der Waals surface area contributed by atoms with Crippen LogP contribution >= 0.6 is 0 Å². The third-order valence-corrected chi connectivity index (χ3v) is 5.71. The third-order valence-electron chi connectivity index (χ3n) is 5.71. The van der Waals surface area contributed by atoms with Crippen LogP contribution < -0.4 is 15.1 Å². The predicted octanol–water partition coefficient (Wildman–Crippen LogP) is 1.16. The van der Waals surface area contributed by atoms with Crippen LogP contribution in [0.25, 0.3) is 0 Å². The summed E-state index contributed by atoms with van der Waals surface area (Å²) in [5.74, 6) is -0.0575. The molecule has 0 atom stereocenters. The molecule has 2 aromatic carbocycles. The van der Waals surface area contributed by atoms with Crippen LogP contribution in [-0.2, 0) is 22.6 Å². The number of hydrogen-bond acceptors (Lipinski definition) is 3. The van der Waals surface area contributed by atoms with Crippen molar-refractivity contribution >= 4 is 17.5 Å². The summed E-state index contributed by atoms with van der Waals surface area (Å²) in [6.45, 7) is 5.72. The number of para-hydroxylation sites is 1. The number of carbonyl (C=O) groups excluding carboxylic acids is 2. The molecule has 0 aromatic heterocycles. The first kappa shape index (κ1) is 19.6. The van der Waals surface area contributed by atoms with E-state index in [4.69, 9.17) is 4.74 Å². The zero-order chi connectivity index (χ0) is 20.1. The van der Waals surface area contributed by atoms with E-state index >= 15 is 0 Å². The summed E-state index contributed by atoms with van der Waals surface area (Å²) in [5.41, 5.74) is 3.65. The Morgan fingerprint density at radius 3 is 2.52 bits per heavy atom. The van der Waals surface area contributed by atoms with Gasteiger partial charge in [-0.3, -0.25) is 9.59 Å². The highest BCUT2D eigenvalue weighted by Crippen LogP contribution is 2.25. The lowest BCUT2D eigenvalue weighted by atomic mass is 10.1. The Morgan fingerprint density at radius 2 is 1.76 bits per heavy atom. The molecule has 0 saturated carbocycles. The minimum absolute atomic E-state index is 0.0871. The second-order valence-corrected chi connectivity index (χ2v) is 7.66. The van der Waals surface area contributed by atoms with Crippen molar-refractivity contribution < 1.29 is 19.2 Å². The minimum Gasteiger partial charge on any atom is -0.370 e. The van der Waals surface area contributed by atoms with Crippen LogP contribution in [0.1, 0.15) is 34.3 Å². The van der Waals surface area contributed by atoms with E-state index in [1.165, 1.54) is 10.5 Å². The Morgan fingerprint density at radius 1 is 1.03 bits per heavy atom. The summed E-state index contributed by atoms with van der Waals surface area (Å²) < 4.78 is 5.45. The average Bonchev–Trinajstić information content (AvgIpc) is 3.19. The number of nitrogens with one attached hydrogen (secondary N) is 2. The van der Waals surface area contributed by atoms with Crippen molar-refractivity contribution in [2.24, 2.45) is 0 Å². The number of benzene rings is 2. The van der Waals surface area contributed by atoms with Crippen LogP contribution in [-0.4, -0.2) is 44.7 Å². The van der Waals surface area contributed by atoms with Crippen LogP contribution in [0.15, 0.2) is 48.5 Å². The maximum Gasteiger partial charge on any atom is 0.253 e. The lowest BCUT2D eigenvalue weighted by Crippen LogP contribution is -3.12. The van der Waals surface area contributed by atoms with Crippen molar-refractivity contribution in [1.82, 2.24) is 5.32 Å². The molecule has 0 spiro atoms. The van der Waals surface area contributed by atoms with Gasteiger partial charge in [0.05, 0.1) is 24.5 Å². The van der Waals surface area contributed by atoms with Crippen molar-refractivity contribution in [1.29, 1.82) is 0 Å². The lowest BCUT2D eigenvalue weighted by Gasteiger charge is -2.24. The maximum absolute atomic E-state index is 12.9. The summed E-state index contributed by atoms with van der Waals surface area (Å²) >= 11 is 0. The number of ether oxygens (including phenoxy) is 1. The second kappa shape index (κ2) is 9.20. The van der Waals surface area contributed by atoms with Crippen molar-refractivity contribution in [3.8, 4) is 0 Å². The maximum atomic E-state index is 12.9. The average molecular weight is 394 g/mol. The molecular formula is C23H28N3O3+. The second-order valence-electron chi connectivity index (χ2n) is 7.66. The minimum atomic E-state index is -0.145. The molecule has 2 aromatic rings. The van der Waals surface area contributed by atoms with Gasteiger partial charge in [-0.15, -0.1) is 0 Å². The van der Waals surface area contributed by atoms with E-state index in [1.54, 1.807) is 11.0 Å². The van der Waals surface area contributed by atoms with Crippen LogP contribution in [0.5, 0.6) is 0 Å². The van der Waals surface area contributed by atoms with E-state index < -0.39 is 0 Å². The molecule has 6 nitrogen and oxygen atoms in total. The Hall–Kier alpha value is -2.70. The van der Waals surface area contributed by atoms with Gasteiger partial charge in [0.15, 0.2) is 0 Å². The van der Waals surface area contributed by atoms with Gasteiger partial charge in [0.1, 0.15) is 19.6 Å². The van der Waals surface area contributed by atoms with Gasteiger partial charge in [-0.25, -0.2) is 0 Å².